The Hall–Kier alpha value is -0.570. The molecule has 0 aromatic carbocycles. The summed E-state index contributed by atoms with van der Waals surface area (Å²) < 4.78 is 5.22. The molecule has 90 valence electrons. The van der Waals surface area contributed by atoms with Crippen molar-refractivity contribution in [2.24, 2.45) is 17.3 Å². The van der Waals surface area contributed by atoms with Gasteiger partial charge < -0.3 is 9.84 Å². The van der Waals surface area contributed by atoms with Gasteiger partial charge in [-0.25, -0.2) is 0 Å². The van der Waals surface area contributed by atoms with E-state index in [9.17, 15) is 9.90 Å². The molecule has 1 N–H and O–H groups in total. The molecule has 0 aromatic heterocycles. The van der Waals surface area contributed by atoms with Gasteiger partial charge in [-0.05, 0) is 57.3 Å². The van der Waals surface area contributed by atoms with Crippen molar-refractivity contribution < 1.29 is 14.6 Å². The lowest BCUT2D eigenvalue weighted by Crippen LogP contribution is -2.58. The fourth-order valence-corrected chi connectivity index (χ4v) is 4.74. The Morgan fingerprint density at radius 3 is 2.44 bits per heavy atom. The minimum atomic E-state index is -0.559. The Labute approximate surface area is 96.2 Å². The van der Waals surface area contributed by atoms with Gasteiger partial charge in [0.25, 0.3) is 0 Å². The molecular formula is C13H20O3. The number of esters is 1. The van der Waals surface area contributed by atoms with Crippen molar-refractivity contribution in [3.63, 3.8) is 0 Å². The van der Waals surface area contributed by atoms with Crippen molar-refractivity contribution in [1.82, 2.24) is 0 Å². The summed E-state index contributed by atoms with van der Waals surface area (Å²) in [5.74, 6) is 1.05. The fourth-order valence-electron chi connectivity index (χ4n) is 4.74. The molecule has 4 saturated carbocycles. The highest BCUT2D eigenvalue weighted by atomic mass is 16.5. The molecule has 0 saturated heterocycles. The average molecular weight is 224 g/mol. The Morgan fingerprint density at radius 2 is 1.94 bits per heavy atom. The molecule has 4 bridgehead atoms. The molecule has 4 fully saturated rings. The molecule has 4 rings (SSSR count). The Bertz CT molecular complexity index is 309. The van der Waals surface area contributed by atoms with E-state index in [1.54, 1.807) is 0 Å². The van der Waals surface area contributed by atoms with E-state index < -0.39 is 5.60 Å². The lowest BCUT2D eigenvalue weighted by molar-refractivity contribution is -0.195. The van der Waals surface area contributed by atoms with Gasteiger partial charge >= 0.3 is 5.97 Å². The minimum absolute atomic E-state index is 0.0532. The van der Waals surface area contributed by atoms with Crippen LogP contribution in [0.5, 0.6) is 0 Å². The lowest BCUT2D eigenvalue weighted by Gasteiger charge is -2.58. The maximum absolute atomic E-state index is 12.1. The van der Waals surface area contributed by atoms with Crippen LogP contribution in [0.1, 0.15) is 45.4 Å². The van der Waals surface area contributed by atoms with E-state index >= 15 is 0 Å². The van der Waals surface area contributed by atoms with Crippen LogP contribution in [0.3, 0.4) is 0 Å². The number of rotatable bonds is 2. The first kappa shape index (κ1) is 10.6. The molecule has 3 heteroatoms. The SMILES string of the molecule is CCOC(=O)C12C[C@H]3C[C@@H](CC(O)(C3)C1)C2. The van der Waals surface area contributed by atoms with E-state index in [1.807, 2.05) is 6.92 Å². The normalized spacial score (nSPS) is 49.4. The van der Waals surface area contributed by atoms with Gasteiger partial charge in [-0.1, -0.05) is 0 Å². The van der Waals surface area contributed by atoms with Crippen LogP contribution < -0.4 is 0 Å². The van der Waals surface area contributed by atoms with Crippen LogP contribution in [-0.4, -0.2) is 23.3 Å². The molecular weight excluding hydrogens is 204 g/mol. The molecule has 0 amide bonds. The standard InChI is InChI=1S/C13H20O3/c1-2-16-11(14)12-4-9-3-10(5-12)7-13(15,6-9)8-12/h9-10,15H,2-8H2,1H3/t9-,10-,12?,13?/m1/s1. The predicted molar refractivity (Wildman–Crippen MR) is 58.7 cm³/mol. The molecule has 0 aromatic rings. The molecule has 4 aliphatic rings. The fraction of sp³-hybridized carbons (Fsp3) is 0.923. The second-order valence-corrected chi connectivity index (χ2v) is 6.19. The van der Waals surface area contributed by atoms with Gasteiger partial charge in [0.2, 0.25) is 0 Å². The first-order chi connectivity index (χ1) is 7.55. The van der Waals surface area contributed by atoms with Gasteiger partial charge in [0, 0.05) is 0 Å². The maximum Gasteiger partial charge on any atom is 0.312 e. The Balaban J connectivity index is 1.89. The largest absolute Gasteiger partial charge is 0.466 e. The van der Waals surface area contributed by atoms with Crippen LogP contribution in [0.2, 0.25) is 0 Å². The molecule has 0 aliphatic heterocycles. The summed E-state index contributed by atoms with van der Waals surface area (Å²) in [6.45, 7) is 2.31. The molecule has 16 heavy (non-hydrogen) atoms. The van der Waals surface area contributed by atoms with Crippen LogP contribution in [0.25, 0.3) is 0 Å². The summed E-state index contributed by atoms with van der Waals surface area (Å²) in [4.78, 5) is 12.1. The van der Waals surface area contributed by atoms with Gasteiger partial charge in [0.15, 0.2) is 0 Å². The number of hydrogen-bond donors (Lipinski definition) is 1. The first-order valence-electron chi connectivity index (χ1n) is 6.45. The second kappa shape index (κ2) is 3.22. The van der Waals surface area contributed by atoms with Gasteiger partial charge in [-0.2, -0.15) is 0 Å². The Morgan fingerprint density at radius 1 is 1.31 bits per heavy atom. The predicted octanol–water partition coefficient (Wildman–Crippen LogP) is 1.88. The van der Waals surface area contributed by atoms with Crippen molar-refractivity contribution in [1.29, 1.82) is 0 Å². The molecule has 2 atom stereocenters. The van der Waals surface area contributed by atoms with Crippen molar-refractivity contribution in [2.45, 2.75) is 51.0 Å². The monoisotopic (exact) mass is 224 g/mol. The minimum Gasteiger partial charge on any atom is -0.466 e. The number of hydrogen-bond acceptors (Lipinski definition) is 3. The Kier molecular flexibility index (Phi) is 2.13. The molecule has 0 unspecified atom stereocenters. The van der Waals surface area contributed by atoms with Crippen LogP contribution >= 0.6 is 0 Å². The third-order valence-corrected chi connectivity index (χ3v) is 4.74. The lowest BCUT2D eigenvalue weighted by atomic mass is 9.48. The van der Waals surface area contributed by atoms with E-state index in [1.165, 1.54) is 6.42 Å². The summed E-state index contributed by atoms with van der Waals surface area (Å²) in [6.07, 6.45) is 5.57. The van der Waals surface area contributed by atoms with Gasteiger partial charge in [0.05, 0.1) is 17.6 Å². The highest BCUT2D eigenvalue weighted by Crippen LogP contribution is 2.61. The van der Waals surface area contributed by atoms with E-state index in [2.05, 4.69) is 0 Å². The maximum atomic E-state index is 12.1. The van der Waals surface area contributed by atoms with E-state index in [-0.39, 0.29) is 11.4 Å². The highest BCUT2D eigenvalue weighted by molar-refractivity contribution is 5.77. The van der Waals surface area contributed by atoms with Gasteiger partial charge in [0.1, 0.15) is 0 Å². The quantitative estimate of drug-likeness (QED) is 0.728. The molecule has 0 radical (unpaired) electrons. The topological polar surface area (TPSA) is 46.5 Å². The van der Waals surface area contributed by atoms with Gasteiger partial charge in [-0.15, -0.1) is 0 Å². The zero-order valence-electron chi connectivity index (χ0n) is 9.87. The van der Waals surface area contributed by atoms with Gasteiger partial charge in [-0.3, -0.25) is 4.79 Å². The number of ether oxygens (including phenoxy) is 1. The summed E-state index contributed by atoms with van der Waals surface area (Å²) in [7, 11) is 0. The first-order valence-corrected chi connectivity index (χ1v) is 6.45. The van der Waals surface area contributed by atoms with Crippen molar-refractivity contribution in [2.75, 3.05) is 6.61 Å². The number of carbonyl (C=O) groups is 1. The summed E-state index contributed by atoms with van der Waals surface area (Å²) in [6, 6.07) is 0. The van der Waals surface area contributed by atoms with Crippen LogP contribution in [-0.2, 0) is 9.53 Å². The second-order valence-electron chi connectivity index (χ2n) is 6.19. The number of carbonyl (C=O) groups excluding carboxylic acids is 1. The van der Waals surface area contributed by atoms with Crippen LogP contribution in [0.15, 0.2) is 0 Å². The van der Waals surface area contributed by atoms with Crippen molar-refractivity contribution >= 4 is 5.97 Å². The summed E-state index contributed by atoms with van der Waals surface area (Å²) in [5.41, 5.74) is -0.897. The van der Waals surface area contributed by atoms with E-state index in [4.69, 9.17) is 4.74 Å². The average Bonchev–Trinajstić information content (AvgIpc) is 2.13. The third kappa shape index (κ3) is 1.41. The van der Waals surface area contributed by atoms with Crippen molar-refractivity contribution in [3.05, 3.63) is 0 Å². The van der Waals surface area contributed by atoms with E-state index in [0.717, 1.165) is 25.7 Å². The molecule has 0 spiro atoms. The zero-order valence-corrected chi connectivity index (χ0v) is 9.87. The summed E-state index contributed by atoms with van der Waals surface area (Å²) in [5, 5.41) is 10.5. The molecule has 4 aliphatic carbocycles. The van der Waals surface area contributed by atoms with Crippen molar-refractivity contribution in [3.8, 4) is 0 Å². The highest BCUT2D eigenvalue weighted by Gasteiger charge is 2.60. The molecule has 3 nitrogen and oxygen atoms in total. The zero-order chi connectivity index (χ0) is 11.4. The van der Waals surface area contributed by atoms with Crippen LogP contribution in [0, 0.1) is 17.3 Å². The molecule has 0 heterocycles. The van der Waals surface area contributed by atoms with Crippen LogP contribution in [0.4, 0.5) is 0 Å². The smallest absolute Gasteiger partial charge is 0.312 e. The third-order valence-electron chi connectivity index (χ3n) is 4.74. The summed E-state index contributed by atoms with van der Waals surface area (Å²) >= 11 is 0. The van der Waals surface area contributed by atoms with E-state index in [0.29, 0.717) is 24.9 Å². The number of aliphatic hydroxyl groups is 1.